The van der Waals surface area contributed by atoms with Gasteiger partial charge < -0.3 is 20.1 Å². The lowest BCUT2D eigenvalue weighted by atomic mass is 10.0. The zero-order valence-corrected chi connectivity index (χ0v) is 43.8. The second kappa shape index (κ2) is 52.3. The quantitative estimate of drug-likeness (QED) is 0.0264. The maximum atomic E-state index is 12.7. The zero-order chi connectivity index (χ0) is 48.1. The van der Waals surface area contributed by atoms with Gasteiger partial charge in [-0.2, -0.15) is 0 Å². The molecule has 0 aliphatic heterocycles. The largest absolute Gasteiger partial charge is 0.472 e. The van der Waals surface area contributed by atoms with Gasteiger partial charge in [0.25, 0.3) is 0 Å². The number of hydrogen-bond donors (Lipinski definition) is 2. The maximum Gasteiger partial charge on any atom is 0.472 e. The average Bonchev–Trinajstić information content (AvgIpc) is 3.31. The molecule has 0 aromatic carbocycles. The summed E-state index contributed by atoms with van der Waals surface area (Å²) in [6, 6.07) is 0. The molecule has 0 aromatic heterocycles. The third-order valence-corrected chi connectivity index (χ3v) is 12.9. The van der Waals surface area contributed by atoms with Crippen LogP contribution in [0.4, 0.5) is 0 Å². The highest BCUT2D eigenvalue weighted by atomic mass is 31.2. The number of allylic oxidation sites excluding steroid dienone is 8. The van der Waals surface area contributed by atoms with E-state index in [1.165, 1.54) is 167 Å². The van der Waals surface area contributed by atoms with E-state index in [-0.39, 0.29) is 38.6 Å². The Hall–Kier alpha value is -2.03. The summed E-state index contributed by atoms with van der Waals surface area (Å²) in [5.41, 5.74) is 5.37. The fraction of sp³-hybridized carbons (Fsp3) is 0.821. The number of rotatable bonds is 52. The molecule has 0 aliphatic carbocycles. The van der Waals surface area contributed by atoms with Crippen LogP contribution in [-0.2, 0) is 32.7 Å². The first-order valence-electron chi connectivity index (χ1n) is 27.6. The van der Waals surface area contributed by atoms with E-state index in [0.29, 0.717) is 6.42 Å². The van der Waals surface area contributed by atoms with Gasteiger partial charge in [-0.3, -0.25) is 18.6 Å². The van der Waals surface area contributed by atoms with Crippen LogP contribution >= 0.6 is 7.82 Å². The molecule has 0 saturated heterocycles. The van der Waals surface area contributed by atoms with Gasteiger partial charge in [0, 0.05) is 19.4 Å². The first-order chi connectivity index (χ1) is 32.3. The standard InChI is InChI=1S/C56H104NO8P/c1-3-5-7-9-11-13-15-17-19-21-23-24-25-26-27-28-29-30-31-33-35-37-39-41-43-45-47-49-56(59)65-54(53-64-66(60,61)63-51-50-57)52-62-55(58)48-46-44-42-40-38-36-34-32-22-20-18-16-14-12-10-8-6-4-2/h14-17,20-23,54H,3-13,18-19,24-53,57H2,1-2H3,(H,60,61)/b16-14-,17-15-,22-20-,23-21-. The number of carbonyl (C=O) groups is 2. The Bertz CT molecular complexity index is 1220. The third-order valence-electron chi connectivity index (χ3n) is 11.9. The molecule has 10 heteroatoms. The number of ether oxygens (including phenoxy) is 2. The summed E-state index contributed by atoms with van der Waals surface area (Å²) >= 11 is 0. The van der Waals surface area contributed by atoms with Crippen molar-refractivity contribution in [2.45, 2.75) is 270 Å². The Balaban J connectivity index is 3.98. The molecule has 0 radical (unpaired) electrons. The summed E-state index contributed by atoms with van der Waals surface area (Å²) in [7, 11) is -4.39. The van der Waals surface area contributed by atoms with Crippen molar-refractivity contribution in [3.63, 3.8) is 0 Å². The van der Waals surface area contributed by atoms with Gasteiger partial charge in [0.05, 0.1) is 13.2 Å². The van der Waals surface area contributed by atoms with Gasteiger partial charge >= 0.3 is 19.8 Å². The van der Waals surface area contributed by atoms with Gasteiger partial charge in [0.2, 0.25) is 0 Å². The highest BCUT2D eigenvalue weighted by Crippen LogP contribution is 2.43. The van der Waals surface area contributed by atoms with Gasteiger partial charge in [-0.05, 0) is 77.0 Å². The third kappa shape index (κ3) is 51.4. The molecule has 0 fully saturated rings. The molecule has 386 valence electrons. The first kappa shape index (κ1) is 64.0. The van der Waals surface area contributed by atoms with Crippen molar-refractivity contribution in [3.8, 4) is 0 Å². The number of nitrogens with two attached hydrogens (primary N) is 1. The van der Waals surface area contributed by atoms with Crippen LogP contribution in [0.2, 0.25) is 0 Å². The number of phosphoric acid groups is 1. The van der Waals surface area contributed by atoms with Crippen molar-refractivity contribution >= 4 is 19.8 Å². The van der Waals surface area contributed by atoms with Gasteiger partial charge in [0.1, 0.15) is 6.61 Å². The van der Waals surface area contributed by atoms with E-state index in [2.05, 4.69) is 62.5 Å². The van der Waals surface area contributed by atoms with E-state index in [1.54, 1.807) is 0 Å². The summed E-state index contributed by atoms with van der Waals surface area (Å²) in [5, 5.41) is 0. The summed E-state index contributed by atoms with van der Waals surface area (Å²) < 4.78 is 33.0. The van der Waals surface area contributed by atoms with E-state index in [0.717, 1.165) is 64.2 Å². The summed E-state index contributed by atoms with van der Waals surface area (Å²) in [6.07, 6.45) is 63.0. The van der Waals surface area contributed by atoms with Crippen LogP contribution in [0, 0.1) is 0 Å². The van der Waals surface area contributed by atoms with E-state index in [9.17, 15) is 19.0 Å². The fourth-order valence-corrected chi connectivity index (χ4v) is 8.58. The van der Waals surface area contributed by atoms with Crippen molar-refractivity contribution in [3.05, 3.63) is 48.6 Å². The minimum absolute atomic E-state index is 0.0520. The number of carbonyl (C=O) groups excluding carboxylic acids is 2. The van der Waals surface area contributed by atoms with Crippen LogP contribution in [0.3, 0.4) is 0 Å². The molecule has 0 amide bonds. The molecule has 9 nitrogen and oxygen atoms in total. The van der Waals surface area contributed by atoms with Crippen molar-refractivity contribution in [2.75, 3.05) is 26.4 Å². The molecule has 0 aromatic rings. The van der Waals surface area contributed by atoms with Crippen molar-refractivity contribution < 1.29 is 37.6 Å². The molecule has 0 heterocycles. The second-order valence-electron chi connectivity index (χ2n) is 18.4. The van der Waals surface area contributed by atoms with E-state index in [4.69, 9.17) is 24.3 Å². The average molecular weight is 950 g/mol. The molecule has 2 unspecified atom stereocenters. The van der Waals surface area contributed by atoms with Crippen LogP contribution in [-0.4, -0.2) is 49.3 Å². The number of esters is 2. The van der Waals surface area contributed by atoms with Gasteiger partial charge in [0.15, 0.2) is 6.10 Å². The lowest BCUT2D eigenvalue weighted by Gasteiger charge is -2.19. The smallest absolute Gasteiger partial charge is 0.462 e. The Morgan fingerprint density at radius 1 is 0.455 bits per heavy atom. The predicted molar refractivity (Wildman–Crippen MR) is 280 cm³/mol. The van der Waals surface area contributed by atoms with Gasteiger partial charge in [-0.25, -0.2) is 4.57 Å². The van der Waals surface area contributed by atoms with Crippen LogP contribution in [0.1, 0.15) is 264 Å². The Labute approximate surface area is 407 Å². The number of hydrogen-bond acceptors (Lipinski definition) is 8. The number of unbranched alkanes of at least 4 members (excludes halogenated alkanes) is 31. The highest BCUT2D eigenvalue weighted by molar-refractivity contribution is 7.47. The summed E-state index contributed by atoms with van der Waals surface area (Å²) in [5.74, 6) is -0.829. The molecule has 2 atom stereocenters. The van der Waals surface area contributed by atoms with Crippen LogP contribution in [0.25, 0.3) is 0 Å². The minimum Gasteiger partial charge on any atom is -0.462 e. The zero-order valence-electron chi connectivity index (χ0n) is 42.9. The summed E-state index contributed by atoms with van der Waals surface area (Å²) in [4.78, 5) is 35.1. The topological polar surface area (TPSA) is 134 Å². The molecule has 0 aliphatic rings. The van der Waals surface area contributed by atoms with Crippen LogP contribution < -0.4 is 5.73 Å². The van der Waals surface area contributed by atoms with E-state index in [1.807, 2.05) is 0 Å². The predicted octanol–water partition coefficient (Wildman–Crippen LogP) is 17.0. The molecule has 0 rings (SSSR count). The first-order valence-corrected chi connectivity index (χ1v) is 29.1. The number of phosphoric ester groups is 1. The molecular formula is C56H104NO8P. The molecule has 66 heavy (non-hydrogen) atoms. The lowest BCUT2D eigenvalue weighted by molar-refractivity contribution is -0.161. The SMILES string of the molecule is CCCCCC/C=C\C/C=C\CCCCCCCCCC(=O)OCC(COP(=O)(O)OCCN)OC(=O)CCCCCCCCCCCCCCCCC/C=C\C/C=C\CCCCCCC. The van der Waals surface area contributed by atoms with Crippen molar-refractivity contribution in [1.29, 1.82) is 0 Å². The Morgan fingerprint density at radius 2 is 0.788 bits per heavy atom. The van der Waals surface area contributed by atoms with Crippen LogP contribution in [0.5, 0.6) is 0 Å². The van der Waals surface area contributed by atoms with Crippen molar-refractivity contribution in [1.82, 2.24) is 0 Å². The normalized spacial score (nSPS) is 13.5. The summed E-state index contributed by atoms with van der Waals surface area (Å²) in [6.45, 7) is 3.73. The molecule has 0 saturated carbocycles. The van der Waals surface area contributed by atoms with E-state index < -0.39 is 26.5 Å². The highest BCUT2D eigenvalue weighted by Gasteiger charge is 2.26. The van der Waals surface area contributed by atoms with Crippen molar-refractivity contribution in [2.24, 2.45) is 5.73 Å². The molecular weight excluding hydrogens is 846 g/mol. The maximum absolute atomic E-state index is 12.7. The van der Waals surface area contributed by atoms with E-state index >= 15 is 0 Å². The Morgan fingerprint density at radius 3 is 1.17 bits per heavy atom. The monoisotopic (exact) mass is 950 g/mol. The van der Waals surface area contributed by atoms with Crippen LogP contribution in [0.15, 0.2) is 48.6 Å². The molecule has 0 spiro atoms. The fourth-order valence-electron chi connectivity index (χ4n) is 7.81. The lowest BCUT2D eigenvalue weighted by Crippen LogP contribution is -2.29. The minimum atomic E-state index is -4.39. The molecule has 0 bridgehead atoms. The second-order valence-corrected chi connectivity index (χ2v) is 19.9. The Kier molecular flexibility index (Phi) is 50.7. The van der Waals surface area contributed by atoms with Gasteiger partial charge in [-0.15, -0.1) is 0 Å². The molecule has 3 N–H and O–H groups in total. The van der Waals surface area contributed by atoms with Gasteiger partial charge in [-0.1, -0.05) is 223 Å².